The maximum atomic E-state index is 5.71. The zero-order valence-corrected chi connectivity index (χ0v) is 12.4. The molecule has 3 nitrogen and oxygen atoms in total. The average molecular weight is 279 g/mol. The van der Waals surface area contributed by atoms with Crippen molar-refractivity contribution < 1.29 is 9.47 Å². The van der Waals surface area contributed by atoms with Gasteiger partial charge in [0.15, 0.2) is 11.5 Å². The minimum Gasteiger partial charge on any atom is -0.486 e. The van der Waals surface area contributed by atoms with E-state index < -0.39 is 0 Å². The number of fused-ring (bicyclic) bond motifs is 2. The van der Waals surface area contributed by atoms with Gasteiger partial charge in [-0.05, 0) is 37.1 Å². The highest BCUT2D eigenvalue weighted by Gasteiger charge is 2.27. The van der Waals surface area contributed by atoms with Crippen LogP contribution in [-0.2, 0) is 0 Å². The van der Waals surface area contributed by atoms with Gasteiger partial charge in [0.25, 0.3) is 0 Å². The summed E-state index contributed by atoms with van der Waals surface area (Å²) < 4.78 is 11.4. The topological polar surface area (TPSA) is 30.5 Å². The maximum absolute atomic E-state index is 5.71. The van der Waals surface area contributed by atoms with Gasteiger partial charge in [0.2, 0.25) is 0 Å². The third-order valence-electron chi connectivity index (χ3n) is 3.59. The molecule has 0 fully saturated rings. The molecule has 0 saturated carbocycles. The minimum absolute atomic E-state index is 0.446. The van der Waals surface area contributed by atoms with Gasteiger partial charge >= 0.3 is 0 Å². The number of benzene rings is 1. The lowest BCUT2D eigenvalue weighted by molar-refractivity contribution is 0.170. The van der Waals surface area contributed by atoms with E-state index in [-0.39, 0.29) is 0 Å². The Labute approximate surface area is 119 Å². The van der Waals surface area contributed by atoms with E-state index in [1.54, 1.807) is 0 Å². The first-order valence-electron chi connectivity index (χ1n) is 7.11. The van der Waals surface area contributed by atoms with Crippen LogP contribution in [0.5, 0.6) is 11.5 Å². The van der Waals surface area contributed by atoms with Crippen LogP contribution in [0.25, 0.3) is 0 Å². The lowest BCUT2D eigenvalue weighted by atomic mass is 10.00. The van der Waals surface area contributed by atoms with Gasteiger partial charge in [-0.1, -0.05) is 13.8 Å². The summed E-state index contributed by atoms with van der Waals surface area (Å²) in [7, 11) is 0. The van der Waals surface area contributed by atoms with Crippen molar-refractivity contribution in [3.05, 3.63) is 17.7 Å². The molecule has 3 rings (SSSR count). The van der Waals surface area contributed by atoms with Crippen molar-refractivity contribution in [1.29, 1.82) is 0 Å². The second-order valence-corrected chi connectivity index (χ2v) is 6.68. The molecule has 0 aliphatic carbocycles. The molecule has 4 heteroatoms. The zero-order chi connectivity index (χ0) is 13.2. The molecule has 2 atom stereocenters. The molecule has 2 unspecified atom stereocenters. The first kappa shape index (κ1) is 13.1. The molecule has 2 aliphatic rings. The van der Waals surface area contributed by atoms with Crippen molar-refractivity contribution >= 4 is 11.8 Å². The van der Waals surface area contributed by atoms with Crippen LogP contribution < -0.4 is 14.8 Å². The van der Waals surface area contributed by atoms with Crippen molar-refractivity contribution in [2.75, 3.05) is 19.8 Å². The molecule has 0 radical (unpaired) electrons. The molecular formula is C15H21NO2S. The van der Waals surface area contributed by atoms with E-state index in [0.29, 0.717) is 24.5 Å². The Kier molecular flexibility index (Phi) is 3.89. The van der Waals surface area contributed by atoms with Gasteiger partial charge in [-0.3, -0.25) is 0 Å². The Balaban J connectivity index is 1.93. The van der Waals surface area contributed by atoms with Crippen molar-refractivity contribution in [1.82, 2.24) is 5.32 Å². The summed E-state index contributed by atoms with van der Waals surface area (Å²) in [5.41, 5.74) is 1.38. The normalized spacial score (nSPS) is 24.9. The molecule has 1 aromatic rings. The molecule has 2 aliphatic heterocycles. The molecule has 1 N–H and O–H groups in total. The highest BCUT2D eigenvalue weighted by molar-refractivity contribution is 8.00. The van der Waals surface area contributed by atoms with E-state index in [1.807, 2.05) is 11.8 Å². The van der Waals surface area contributed by atoms with Gasteiger partial charge in [-0.25, -0.2) is 0 Å². The van der Waals surface area contributed by atoms with E-state index in [9.17, 15) is 0 Å². The Bertz CT molecular complexity index is 464. The third kappa shape index (κ3) is 2.70. The van der Waals surface area contributed by atoms with Crippen LogP contribution in [-0.4, -0.2) is 25.0 Å². The number of hydrogen-bond acceptors (Lipinski definition) is 4. The summed E-state index contributed by atoms with van der Waals surface area (Å²) in [4.78, 5) is 1.34. The minimum atomic E-state index is 0.446. The van der Waals surface area contributed by atoms with Gasteiger partial charge in [-0.2, -0.15) is 0 Å². The van der Waals surface area contributed by atoms with Crippen molar-refractivity contribution in [3.63, 3.8) is 0 Å². The van der Waals surface area contributed by atoms with Gasteiger partial charge in [0.1, 0.15) is 13.2 Å². The number of ether oxygens (including phenoxy) is 2. The maximum Gasteiger partial charge on any atom is 0.162 e. The summed E-state index contributed by atoms with van der Waals surface area (Å²) in [5.74, 6) is 1.81. The lowest BCUT2D eigenvalue weighted by Gasteiger charge is -2.31. The predicted molar refractivity (Wildman–Crippen MR) is 78.4 cm³/mol. The molecule has 0 bridgehead atoms. The van der Waals surface area contributed by atoms with E-state index in [2.05, 4.69) is 31.3 Å². The summed E-state index contributed by atoms with van der Waals surface area (Å²) in [5, 5.41) is 4.30. The average Bonchev–Trinajstić information content (AvgIpc) is 2.42. The van der Waals surface area contributed by atoms with Crippen molar-refractivity contribution in [2.24, 2.45) is 0 Å². The fourth-order valence-corrected chi connectivity index (χ4v) is 3.93. The van der Waals surface area contributed by atoms with Crippen molar-refractivity contribution in [2.45, 2.75) is 42.9 Å². The van der Waals surface area contributed by atoms with Gasteiger partial charge in [-0.15, -0.1) is 11.8 Å². The Morgan fingerprint density at radius 1 is 1.26 bits per heavy atom. The molecule has 2 heterocycles. The van der Waals surface area contributed by atoms with E-state index in [4.69, 9.17) is 9.47 Å². The Morgan fingerprint density at radius 3 is 2.74 bits per heavy atom. The molecule has 104 valence electrons. The van der Waals surface area contributed by atoms with E-state index in [1.165, 1.54) is 16.9 Å². The van der Waals surface area contributed by atoms with Crippen molar-refractivity contribution in [3.8, 4) is 11.5 Å². The first-order valence-corrected chi connectivity index (χ1v) is 7.99. The van der Waals surface area contributed by atoms with Crippen LogP contribution in [0, 0.1) is 0 Å². The monoisotopic (exact) mass is 279 g/mol. The standard InChI is InChI=1S/C15H21NO2S/c1-3-4-16-12-7-10(2)19-15-9-14-13(8-11(12)15)17-5-6-18-14/h8-10,12,16H,3-7H2,1-2H3. The molecule has 0 amide bonds. The van der Waals surface area contributed by atoms with Gasteiger partial charge in [0, 0.05) is 16.2 Å². The second kappa shape index (κ2) is 5.63. The van der Waals surface area contributed by atoms with E-state index >= 15 is 0 Å². The number of thioether (sulfide) groups is 1. The highest BCUT2D eigenvalue weighted by Crippen LogP contribution is 2.46. The molecular weight excluding hydrogens is 258 g/mol. The summed E-state index contributed by atoms with van der Waals surface area (Å²) in [6.45, 7) is 6.88. The van der Waals surface area contributed by atoms with Crippen LogP contribution in [0.15, 0.2) is 17.0 Å². The third-order valence-corrected chi connectivity index (χ3v) is 4.79. The zero-order valence-electron chi connectivity index (χ0n) is 11.6. The summed E-state index contributed by atoms with van der Waals surface area (Å²) >= 11 is 1.95. The first-order chi connectivity index (χ1) is 9.28. The molecule has 0 spiro atoms. The number of nitrogens with one attached hydrogen (secondary N) is 1. The van der Waals surface area contributed by atoms with Gasteiger partial charge in [0.05, 0.1) is 0 Å². The lowest BCUT2D eigenvalue weighted by Crippen LogP contribution is -2.28. The van der Waals surface area contributed by atoms with Crippen LogP contribution in [0.2, 0.25) is 0 Å². The molecule has 0 aromatic heterocycles. The van der Waals surface area contributed by atoms with Crippen LogP contribution in [0.4, 0.5) is 0 Å². The van der Waals surface area contributed by atoms with Crippen LogP contribution in [0.3, 0.4) is 0 Å². The molecule has 1 aromatic carbocycles. The summed E-state index contributed by atoms with van der Waals surface area (Å²) in [6, 6.07) is 4.78. The largest absolute Gasteiger partial charge is 0.486 e. The fourth-order valence-electron chi connectivity index (χ4n) is 2.70. The quantitative estimate of drug-likeness (QED) is 0.919. The van der Waals surface area contributed by atoms with Gasteiger partial charge < -0.3 is 14.8 Å². The fraction of sp³-hybridized carbons (Fsp3) is 0.600. The molecule has 0 saturated heterocycles. The predicted octanol–water partition coefficient (Wildman–Crippen LogP) is 3.38. The van der Waals surface area contributed by atoms with Crippen LogP contribution in [0.1, 0.15) is 38.3 Å². The summed E-state index contributed by atoms with van der Waals surface area (Å²) in [6.07, 6.45) is 2.34. The Hall–Kier alpha value is -0.870. The highest BCUT2D eigenvalue weighted by atomic mass is 32.2. The van der Waals surface area contributed by atoms with E-state index in [0.717, 1.165) is 24.5 Å². The SMILES string of the molecule is CCCNC1CC(C)Sc2cc3c(cc21)OCCO3. The smallest absolute Gasteiger partial charge is 0.162 e. The molecule has 19 heavy (non-hydrogen) atoms. The Morgan fingerprint density at radius 2 is 2.00 bits per heavy atom. The number of hydrogen-bond donors (Lipinski definition) is 1. The number of rotatable bonds is 3. The second-order valence-electron chi connectivity index (χ2n) is 5.20. The van der Waals surface area contributed by atoms with Crippen LogP contribution >= 0.6 is 11.8 Å².